The van der Waals surface area contributed by atoms with Crippen molar-refractivity contribution in [1.29, 1.82) is 0 Å². The quantitative estimate of drug-likeness (QED) is 0.889. The van der Waals surface area contributed by atoms with Gasteiger partial charge in [0.15, 0.2) is 0 Å². The Morgan fingerprint density at radius 3 is 2.81 bits per heavy atom. The summed E-state index contributed by atoms with van der Waals surface area (Å²) < 4.78 is 1.85. The van der Waals surface area contributed by atoms with Crippen molar-refractivity contribution in [2.75, 3.05) is 0 Å². The molecule has 0 aliphatic carbocycles. The molecule has 16 heavy (non-hydrogen) atoms. The van der Waals surface area contributed by atoms with Gasteiger partial charge in [-0.05, 0) is 37.1 Å². The number of hydrogen-bond donors (Lipinski definition) is 1. The molecule has 0 amide bonds. The normalized spacial score (nSPS) is 11.9. The molecule has 1 heterocycles. The van der Waals surface area contributed by atoms with Crippen LogP contribution in [-0.2, 0) is 6.42 Å². The van der Waals surface area contributed by atoms with E-state index in [1.54, 1.807) is 6.20 Å². The minimum absolute atomic E-state index is 0. The zero-order valence-corrected chi connectivity index (χ0v) is 10.0. The minimum Gasteiger partial charge on any atom is -0.328 e. The summed E-state index contributed by atoms with van der Waals surface area (Å²) in [4.78, 5) is 0. The average molecular weight is 238 g/mol. The van der Waals surface area contributed by atoms with E-state index < -0.39 is 0 Å². The smallest absolute Gasteiger partial charge is 0.0648 e. The molecule has 2 rings (SSSR count). The fourth-order valence-electron chi connectivity index (χ4n) is 1.62. The Morgan fingerprint density at radius 1 is 1.38 bits per heavy atom. The molecular weight excluding hydrogens is 222 g/mol. The molecule has 0 aliphatic heterocycles. The van der Waals surface area contributed by atoms with Gasteiger partial charge in [-0.2, -0.15) is 5.10 Å². The van der Waals surface area contributed by atoms with Crippen LogP contribution in [0.4, 0.5) is 0 Å². The lowest BCUT2D eigenvalue weighted by Gasteiger charge is -2.07. The van der Waals surface area contributed by atoms with Gasteiger partial charge in [-0.25, -0.2) is 4.68 Å². The highest BCUT2D eigenvalue weighted by Crippen LogP contribution is 2.10. The SMILES string of the molecule is CC(N)Cc1cccc(-n2cccn2)c1.Cl. The molecule has 2 N–H and O–H groups in total. The lowest BCUT2D eigenvalue weighted by molar-refractivity contribution is 0.736. The van der Waals surface area contributed by atoms with Crippen LogP contribution in [0.2, 0.25) is 0 Å². The summed E-state index contributed by atoms with van der Waals surface area (Å²) in [5.41, 5.74) is 8.10. The van der Waals surface area contributed by atoms with E-state index in [-0.39, 0.29) is 18.4 Å². The predicted molar refractivity (Wildman–Crippen MR) is 68.2 cm³/mol. The van der Waals surface area contributed by atoms with E-state index in [0.29, 0.717) is 0 Å². The summed E-state index contributed by atoms with van der Waals surface area (Å²) >= 11 is 0. The first-order valence-corrected chi connectivity index (χ1v) is 5.10. The summed E-state index contributed by atoms with van der Waals surface area (Å²) in [7, 11) is 0. The molecule has 0 saturated carbocycles. The van der Waals surface area contributed by atoms with E-state index in [1.807, 2.05) is 36.0 Å². The fraction of sp³-hybridized carbons (Fsp3) is 0.250. The van der Waals surface area contributed by atoms with E-state index >= 15 is 0 Å². The first-order chi connectivity index (χ1) is 7.25. The first-order valence-electron chi connectivity index (χ1n) is 5.10. The number of hydrogen-bond acceptors (Lipinski definition) is 2. The fourth-order valence-corrected chi connectivity index (χ4v) is 1.62. The second-order valence-corrected chi connectivity index (χ2v) is 3.80. The molecule has 0 bridgehead atoms. The lowest BCUT2D eigenvalue weighted by atomic mass is 10.1. The average Bonchev–Trinajstić information content (AvgIpc) is 2.69. The van der Waals surface area contributed by atoms with Gasteiger partial charge in [0.05, 0.1) is 5.69 Å². The second-order valence-electron chi connectivity index (χ2n) is 3.80. The zero-order chi connectivity index (χ0) is 10.7. The Balaban J connectivity index is 0.00000128. The van der Waals surface area contributed by atoms with Gasteiger partial charge in [-0.3, -0.25) is 0 Å². The molecule has 0 radical (unpaired) electrons. The third-order valence-electron chi connectivity index (χ3n) is 2.24. The maximum Gasteiger partial charge on any atom is 0.0648 e. The maximum absolute atomic E-state index is 5.77. The summed E-state index contributed by atoms with van der Waals surface area (Å²) in [6.45, 7) is 2.01. The van der Waals surface area contributed by atoms with Gasteiger partial charge in [-0.15, -0.1) is 12.4 Å². The Bertz CT molecular complexity index is 424. The van der Waals surface area contributed by atoms with Crippen LogP contribution in [-0.4, -0.2) is 15.8 Å². The van der Waals surface area contributed by atoms with E-state index in [0.717, 1.165) is 12.1 Å². The topological polar surface area (TPSA) is 43.8 Å². The Labute approximate surface area is 102 Å². The number of nitrogens with zero attached hydrogens (tertiary/aromatic N) is 2. The number of aromatic nitrogens is 2. The van der Waals surface area contributed by atoms with E-state index in [4.69, 9.17) is 5.73 Å². The highest BCUT2D eigenvalue weighted by Gasteiger charge is 2.00. The number of benzene rings is 1. The Kier molecular flexibility index (Phi) is 4.52. The molecule has 1 atom stereocenters. The van der Waals surface area contributed by atoms with Gasteiger partial charge in [0.1, 0.15) is 0 Å². The standard InChI is InChI=1S/C12H15N3.ClH/c1-10(13)8-11-4-2-5-12(9-11)15-7-3-6-14-15;/h2-7,9-10H,8,13H2,1H3;1H. The number of nitrogens with two attached hydrogens (primary N) is 1. The van der Waals surface area contributed by atoms with Gasteiger partial charge >= 0.3 is 0 Å². The zero-order valence-electron chi connectivity index (χ0n) is 9.21. The van der Waals surface area contributed by atoms with E-state index in [1.165, 1.54) is 5.56 Å². The molecule has 4 heteroatoms. The summed E-state index contributed by atoms with van der Waals surface area (Å²) in [6.07, 6.45) is 4.61. The molecule has 2 aromatic rings. The molecule has 1 unspecified atom stereocenters. The van der Waals surface area contributed by atoms with Crippen LogP contribution in [0.5, 0.6) is 0 Å². The minimum atomic E-state index is 0. The monoisotopic (exact) mass is 237 g/mol. The third kappa shape index (κ3) is 3.08. The summed E-state index contributed by atoms with van der Waals surface area (Å²) in [6, 6.07) is 10.4. The molecule has 3 nitrogen and oxygen atoms in total. The van der Waals surface area contributed by atoms with Crippen molar-refractivity contribution >= 4 is 12.4 Å². The Hall–Kier alpha value is -1.32. The molecular formula is C12H16ClN3. The van der Waals surface area contributed by atoms with Crippen molar-refractivity contribution in [3.63, 3.8) is 0 Å². The molecule has 0 fully saturated rings. The predicted octanol–water partition coefficient (Wildman–Crippen LogP) is 2.18. The number of rotatable bonds is 3. The van der Waals surface area contributed by atoms with Crippen molar-refractivity contribution in [3.8, 4) is 5.69 Å². The second kappa shape index (κ2) is 5.68. The molecule has 1 aromatic heterocycles. The van der Waals surface area contributed by atoms with E-state index in [9.17, 15) is 0 Å². The highest BCUT2D eigenvalue weighted by atomic mass is 35.5. The van der Waals surface area contributed by atoms with Crippen molar-refractivity contribution in [3.05, 3.63) is 48.3 Å². The molecule has 0 aliphatic rings. The van der Waals surface area contributed by atoms with E-state index in [2.05, 4.69) is 17.2 Å². The highest BCUT2D eigenvalue weighted by molar-refractivity contribution is 5.85. The van der Waals surface area contributed by atoms with Gasteiger partial charge in [-0.1, -0.05) is 12.1 Å². The van der Waals surface area contributed by atoms with Gasteiger partial charge < -0.3 is 5.73 Å². The number of halogens is 1. The third-order valence-corrected chi connectivity index (χ3v) is 2.24. The van der Waals surface area contributed by atoms with Gasteiger partial charge in [0.2, 0.25) is 0 Å². The van der Waals surface area contributed by atoms with Gasteiger partial charge in [0, 0.05) is 18.4 Å². The Morgan fingerprint density at radius 2 is 2.19 bits per heavy atom. The van der Waals surface area contributed by atoms with Gasteiger partial charge in [0.25, 0.3) is 0 Å². The van der Waals surface area contributed by atoms with Crippen LogP contribution in [0.1, 0.15) is 12.5 Å². The molecule has 86 valence electrons. The van der Waals surface area contributed by atoms with Crippen LogP contribution < -0.4 is 5.73 Å². The van der Waals surface area contributed by atoms with Crippen molar-refractivity contribution in [2.45, 2.75) is 19.4 Å². The summed E-state index contributed by atoms with van der Waals surface area (Å²) in [5.74, 6) is 0. The van der Waals surface area contributed by atoms with Crippen molar-refractivity contribution < 1.29 is 0 Å². The first kappa shape index (κ1) is 12.7. The molecule has 1 aromatic carbocycles. The largest absolute Gasteiger partial charge is 0.328 e. The van der Waals surface area contributed by atoms with Crippen molar-refractivity contribution in [1.82, 2.24) is 9.78 Å². The van der Waals surface area contributed by atoms with Crippen LogP contribution in [0.15, 0.2) is 42.7 Å². The molecule has 0 spiro atoms. The van der Waals surface area contributed by atoms with Crippen LogP contribution in [0.25, 0.3) is 5.69 Å². The van der Waals surface area contributed by atoms with Crippen LogP contribution in [0, 0.1) is 0 Å². The van der Waals surface area contributed by atoms with Crippen molar-refractivity contribution in [2.24, 2.45) is 5.73 Å². The lowest BCUT2D eigenvalue weighted by Crippen LogP contribution is -2.17. The maximum atomic E-state index is 5.77. The van der Waals surface area contributed by atoms with Crippen LogP contribution >= 0.6 is 12.4 Å². The molecule has 0 saturated heterocycles. The van der Waals surface area contributed by atoms with Crippen LogP contribution in [0.3, 0.4) is 0 Å². The summed E-state index contributed by atoms with van der Waals surface area (Å²) in [5, 5.41) is 4.19.